The second-order valence-corrected chi connectivity index (χ2v) is 13.5. The van der Waals surface area contributed by atoms with Gasteiger partial charge in [0.2, 0.25) is 17.7 Å². The van der Waals surface area contributed by atoms with E-state index in [1.807, 2.05) is 72.7 Å². The number of carbonyl (C=O) groups excluding carboxylic acids is 3. The molecule has 2 aromatic rings. The monoisotopic (exact) mass is 558 g/mol. The molecule has 1 aliphatic rings. The van der Waals surface area contributed by atoms with Crippen molar-refractivity contribution in [3.63, 3.8) is 0 Å². The topological polar surface area (TPSA) is 132 Å². The van der Waals surface area contributed by atoms with Crippen molar-refractivity contribution in [3.05, 3.63) is 41.0 Å². The number of hydrogen-bond donors (Lipinski definition) is 4. The standard InChI is InChI=1S/C29H42N4O5S/c1-17-24(39-16-30-17)19-10-8-18(9-11-19)21(15-34)31-26(37)22-12-20(35)14-33(22)27(38)25(29(5,6)7)32-23(36)13-28(2,3)4/h8-11,16,20-22,25,34-35H,12-15H2,1-7H3,(H,31,37)(H,32,36). The summed E-state index contributed by atoms with van der Waals surface area (Å²) in [7, 11) is 0. The molecule has 1 fully saturated rings. The van der Waals surface area contributed by atoms with Gasteiger partial charge in [0.15, 0.2) is 0 Å². The van der Waals surface area contributed by atoms with Crippen LogP contribution >= 0.6 is 11.3 Å². The summed E-state index contributed by atoms with van der Waals surface area (Å²) in [6, 6.07) is 5.07. The molecule has 4 atom stereocenters. The summed E-state index contributed by atoms with van der Waals surface area (Å²) < 4.78 is 0. The first kappa shape index (κ1) is 30.7. The number of hydrogen-bond acceptors (Lipinski definition) is 7. The van der Waals surface area contributed by atoms with Crippen molar-refractivity contribution in [1.82, 2.24) is 20.5 Å². The zero-order valence-corrected chi connectivity index (χ0v) is 24.8. The first-order valence-corrected chi connectivity index (χ1v) is 14.2. The molecule has 3 rings (SSSR count). The molecule has 10 heteroatoms. The number of amides is 3. The Labute approximate surface area is 235 Å². The predicted octanol–water partition coefficient (Wildman–Crippen LogP) is 3.20. The quantitative estimate of drug-likeness (QED) is 0.394. The summed E-state index contributed by atoms with van der Waals surface area (Å²) in [5.74, 6) is -1.12. The van der Waals surface area contributed by atoms with Gasteiger partial charge in [0.1, 0.15) is 12.1 Å². The Hall–Kier alpha value is -2.82. The third kappa shape index (κ3) is 7.86. The molecular weight excluding hydrogens is 516 g/mol. The van der Waals surface area contributed by atoms with Gasteiger partial charge in [-0.1, -0.05) is 65.8 Å². The molecule has 1 aliphatic heterocycles. The number of carbonyl (C=O) groups is 3. The van der Waals surface area contributed by atoms with Gasteiger partial charge < -0.3 is 25.7 Å². The molecule has 9 nitrogen and oxygen atoms in total. The number of likely N-dealkylation sites (tertiary alicyclic amines) is 1. The maximum atomic E-state index is 13.7. The molecule has 4 N–H and O–H groups in total. The molecule has 39 heavy (non-hydrogen) atoms. The van der Waals surface area contributed by atoms with Crippen LogP contribution in [0.2, 0.25) is 0 Å². The lowest BCUT2D eigenvalue weighted by molar-refractivity contribution is -0.144. The lowest BCUT2D eigenvalue weighted by Crippen LogP contribution is -2.58. The number of rotatable bonds is 8. The number of nitrogens with zero attached hydrogens (tertiary/aromatic N) is 2. The minimum absolute atomic E-state index is 0.00860. The van der Waals surface area contributed by atoms with Crippen LogP contribution in [0.3, 0.4) is 0 Å². The highest BCUT2D eigenvalue weighted by Crippen LogP contribution is 2.30. The van der Waals surface area contributed by atoms with E-state index in [4.69, 9.17) is 0 Å². The number of aryl methyl sites for hydroxylation is 1. The molecule has 0 bridgehead atoms. The zero-order chi connectivity index (χ0) is 29.1. The Morgan fingerprint density at radius 3 is 2.26 bits per heavy atom. The highest BCUT2D eigenvalue weighted by atomic mass is 32.1. The van der Waals surface area contributed by atoms with E-state index in [0.717, 1.165) is 21.7 Å². The highest BCUT2D eigenvalue weighted by molar-refractivity contribution is 7.13. The van der Waals surface area contributed by atoms with Gasteiger partial charge in [-0.25, -0.2) is 4.98 Å². The Kier molecular flexibility index (Phi) is 9.56. The molecule has 0 radical (unpaired) electrons. The van der Waals surface area contributed by atoms with E-state index >= 15 is 0 Å². The maximum absolute atomic E-state index is 13.7. The van der Waals surface area contributed by atoms with Crippen molar-refractivity contribution >= 4 is 29.1 Å². The van der Waals surface area contributed by atoms with Gasteiger partial charge >= 0.3 is 0 Å². The number of nitrogens with one attached hydrogen (secondary N) is 2. The Morgan fingerprint density at radius 1 is 1.10 bits per heavy atom. The lowest BCUT2D eigenvalue weighted by atomic mass is 9.84. The maximum Gasteiger partial charge on any atom is 0.246 e. The third-order valence-corrected chi connectivity index (χ3v) is 7.77. The Bertz CT molecular complexity index is 1170. The minimum atomic E-state index is -0.926. The fraction of sp³-hybridized carbons (Fsp3) is 0.586. The average molecular weight is 559 g/mol. The van der Waals surface area contributed by atoms with Crippen molar-refractivity contribution in [3.8, 4) is 10.4 Å². The van der Waals surface area contributed by atoms with Gasteiger partial charge in [-0.05, 0) is 28.9 Å². The summed E-state index contributed by atoms with van der Waals surface area (Å²) in [6.07, 6.45) is -0.546. The molecule has 1 aromatic heterocycles. The molecule has 0 spiro atoms. The summed E-state index contributed by atoms with van der Waals surface area (Å²) in [5.41, 5.74) is 3.57. The van der Waals surface area contributed by atoms with E-state index in [0.29, 0.717) is 0 Å². The summed E-state index contributed by atoms with van der Waals surface area (Å²) >= 11 is 1.55. The first-order chi connectivity index (χ1) is 18.1. The van der Waals surface area contributed by atoms with E-state index in [2.05, 4.69) is 15.6 Å². The SMILES string of the molecule is Cc1ncsc1-c1ccc(C(CO)NC(=O)C2CC(O)CN2C(=O)C(NC(=O)CC(C)(C)C)C(C)(C)C)cc1. The molecule has 1 saturated heterocycles. The van der Waals surface area contributed by atoms with Crippen LogP contribution in [0.15, 0.2) is 29.8 Å². The normalized spacial score (nSPS) is 19.5. The molecule has 2 heterocycles. The van der Waals surface area contributed by atoms with Crippen LogP contribution in [0.25, 0.3) is 10.4 Å². The van der Waals surface area contributed by atoms with Crippen LogP contribution in [0.1, 0.15) is 71.7 Å². The second kappa shape index (κ2) is 12.1. The fourth-order valence-corrected chi connectivity index (χ4v) is 5.57. The van der Waals surface area contributed by atoms with E-state index < -0.39 is 41.5 Å². The van der Waals surface area contributed by atoms with Crippen molar-refractivity contribution < 1.29 is 24.6 Å². The number of aliphatic hydroxyl groups is 2. The van der Waals surface area contributed by atoms with Crippen LogP contribution in [0.5, 0.6) is 0 Å². The molecule has 1 aromatic carbocycles. The smallest absolute Gasteiger partial charge is 0.246 e. The summed E-state index contributed by atoms with van der Waals surface area (Å²) in [6.45, 7) is 13.0. The fourth-order valence-electron chi connectivity index (χ4n) is 4.76. The molecule has 3 amide bonds. The molecule has 4 unspecified atom stereocenters. The van der Waals surface area contributed by atoms with Crippen LogP contribution < -0.4 is 10.6 Å². The van der Waals surface area contributed by atoms with Crippen molar-refractivity contribution in [2.75, 3.05) is 13.2 Å². The van der Waals surface area contributed by atoms with Crippen molar-refractivity contribution in [1.29, 1.82) is 0 Å². The number of benzene rings is 1. The number of thiazole rings is 1. The molecule has 0 saturated carbocycles. The zero-order valence-electron chi connectivity index (χ0n) is 23.9. The van der Waals surface area contributed by atoms with E-state index in [1.54, 1.807) is 16.8 Å². The van der Waals surface area contributed by atoms with Crippen LogP contribution in [0, 0.1) is 17.8 Å². The first-order valence-electron chi connectivity index (χ1n) is 13.3. The Morgan fingerprint density at radius 2 is 1.74 bits per heavy atom. The van der Waals surface area contributed by atoms with Crippen molar-refractivity contribution in [2.45, 2.75) is 85.5 Å². The van der Waals surface area contributed by atoms with Gasteiger partial charge in [-0.15, -0.1) is 11.3 Å². The van der Waals surface area contributed by atoms with Gasteiger partial charge in [0, 0.05) is 19.4 Å². The van der Waals surface area contributed by atoms with Crippen molar-refractivity contribution in [2.24, 2.45) is 10.8 Å². The molecule has 214 valence electrons. The second-order valence-electron chi connectivity index (χ2n) is 12.6. The molecular formula is C29H42N4O5S. The highest BCUT2D eigenvalue weighted by Gasteiger charge is 2.45. The largest absolute Gasteiger partial charge is 0.394 e. The molecule has 0 aliphatic carbocycles. The van der Waals surface area contributed by atoms with E-state index in [-0.39, 0.29) is 37.3 Å². The van der Waals surface area contributed by atoms with E-state index in [9.17, 15) is 24.6 Å². The Balaban J connectivity index is 1.76. The number of β-amino-alcohol motifs (C(OH)–C–C–N with tert-alkyl or cyclic N) is 1. The predicted molar refractivity (Wildman–Crippen MR) is 152 cm³/mol. The number of aliphatic hydroxyl groups excluding tert-OH is 2. The van der Waals surface area contributed by atoms with Gasteiger partial charge in [-0.2, -0.15) is 0 Å². The summed E-state index contributed by atoms with van der Waals surface area (Å²) in [4.78, 5) is 46.6. The van der Waals surface area contributed by atoms with Crippen LogP contribution in [-0.2, 0) is 14.4 Å². The number of aromatic nitrogens is 1. The lowest BCUT2D eigenvalue weighted by Gasteiger charge is -2.36. The van der Waals surface area contributed by atoms with Gasteiger partial charge in [0.05, 0.1) is 34.8 Å². The van der Waals surface area contributed by atoms with Crippen LogP contribution in [0.4, 0.5) is 0 Å². The van der Waals surface area contributed by atoms with Gasteiger partial charge in [0.25, 0.3) is 0 Å². The summed E-state index contributed by atoms with van der Waals surface area (Å²) in [5, 5.41) is 26.2. The van der Waals surface area contributed by atoms with Gasteiger partial charge in [-0.3, -0.25) is 14.4 Å². The van der Waals surface area contributed by atoms with Crippen LogP contribution in [-0.4, -0.2) is 69.2 Å². The minimum Gasteiger partial charge on any atom is -0.394 e. The average Bonchev–Trinajstić information content (AvgIpc) is 3.44. The van der Waals surface area contributed by atoms with E-state index in [1.165, 1.54) is 4.90 Å². The third-order valence-electron chi connectivity index (χ3n) is 6.79.